The summed E-state index contributed by atoms with van der Waals surface area (Å²) in [6, 6.07) is 0. The van der Waals surface area contributed by atoms with Gasteiger partial charge in [-0.05, 0) is 73.0 Å². The molecule has 0 aromatic rings. The Balaban J connectivity index is 0.000000340. The standard InChI is InChI=1S/C16H26.2C2H6/c1-3-11-12(4-2)14-8-13(11)15-9-5-6-10(7-9)16(14)15;2*1-2/h9-16H,3-8H2,1-2H3;2*1-2H3. The van der Waals surface area contributed by atoms with Crippen LogP contribution < -0.4 is 0 Å². The quantitative estimate of drug-likeness (QED) is 0.512. The van der Waals surface area contributed by atoms with Crippen molar-refractivity contribution in [1.29, 1.82) is 0 Å². The van der Waals surface area contributed by atoms with Crippen molar-refractivity contribution in [2.45, 2.75) is 80.1 Å². The predicted octanol–water partition coefficient (Wildman–Crippen LogP) is 6.40. The van der Waals surface area contributed by atoms with Crippen LogP contribution in [0.2, 0.25) is 0 Å². The van der Waals surface area contributed by atoms with E-state index in [4.69, 9.17) is 0 Å². The normalized spacial score (nSPS) is 50.1. The highest BCUT2D eigenvalue weighted by Crippen LogP contribution is 2.71. The summed E-state index contributed by atoms with van der Waals surface area (Å²) in [4.78, 5) is 0. The van der Waals surface area contributed by atoms with E-state index in [1.165, 1.54) is 48.3 Å². The van der Waals surface area contributed by atoms with Gasteiger partial charge in [0, 0.05) is 0 Å². The molecule has 4 bridgehead atoms. The van der Waals surface area contributed by atoms with E-state index in [1.54, 1.807) is 25.7 Å². The zero-order valence-corrected chi connectivity index (χ0v) is 14.9. The Hall–Kier alpha value is 0. The van der Waals surface area contributed by atoms with Gasteiger partial charge in [-0.25, -0.2) is 0 Å². The molecule has 0 amide bonds. The van der Waals surface area contributed by atoms with Crippen LogP contribution in [0, 0.1) is 47.3 Å². The van der Waals surface area contributed by atoms with E-state index in [1.807, 2.05) is 27.7 Å². The van der Waals surface area contributed by atoms with Gasteiger partial charge < -0.3 is 0 Å². The summed E-state index contributed by atoms with van der Waals surface area (Å²) < 4.78 is 0. The lowest BCUT2D eigenvalue weighted by atomic mass is 9.62. The van der Waals surface area contributed by atoms with E-state index >= 15 is 0 Å². The van der Waals surface area contributed by atoms with Crippen LogP contribution in [0.1, 0.15) is 80.1 Å². The fraction of sp³-hybridized carbons (Fsp3) is 1.00. The van der Waals surface area contributed by atoms with Gasteiger partial charge in [0.15, 0.2) is 0 Å². The molecule has 0 spiro atoms. The minimum atomic E-state index is 1.12. The molecule has 0 radical (unpaired) electrons. The summed E-state index contributed by atoms with van der Waals surface area (Å²) >= 11 is 0. The Kier molecular flexibility index (Phi) is 5.60. The summed E-state index contributed by atoms with van der Waals surface area (Å²) in [5.74, 6) is 9.34. The second-order valence-electron chi connectivity index (χ2n) is 7.20. The Bertz CT molecular complexity index is 266. The van der Waals surface area contributed by atoms with Crippen LogP contribution in [0.15, 0.2) is 0 Å². The molecule has 4 aliphatic rings. The maximum absolute atomic E-state index is 2.45. The molecule has 0 heterocycles. The van der Waals surface area contributed by atoms with E-state index in [0.717, 1.165) is 11.8 Å². The number of hydrogen-bond donors (Lipinski definition) is 0. The molecule has 0 aromatic carbocycles. The van der Waals surface area contributed by atoms with Crippen molar-refractivity contribution < 1.29 is 0 Å². The van der Waals surface area contributed by atoms with Gasteiger partial charge in [-0.15, -0.1) is 0 Å². The van der Waals surface area contributed by atoms with Crippen LogP contribution in [0.25, 0.3) is 0 Å². The van der Waals surface area contributed by atoms with Crippen molar-refractivity contribution in [3.05, 3.63) is 0 Å². The monoisotopic (exact) mass is 278 g/mol. The van der Waals surface area contributed by atoms with Crippen molar-refractivity contribution in [1.82, 2.24) is 0 Å². The summed E-state index contributed by atoms with van der Waals surface area (Å²) in [6.45, 7) is 12.9. The topological polar surface area (TPSA) is 0 Å². The first-order valence-electron chi connectivity index (χ1n) is 9.85. The van der Waals surface area contributed by atoms with Crippen molar-refractivity contribution >= 4 is 0 Å². The van der Waals surface area contributed by atoms with Crippen molar-refractivity contribution in [3.8, 4) is 0 Å². The third-order valence-corrected chi connectivity index (χ3v) is 7.17. The fourth-order valence-electron chi connectivity index (χ4n) is 7.05. The number of fused-ring (bicyclic) bond motifs is 9. The average Bonchev–Trinajstić information content (AvgIpc) is 3.27. The molecule has 20 heavy (non-hydrogen) atoms. The molecule has 4 rings (SSSR count). The minimum Gasteiger partial charge on any atom is -0.0683 e. The van der Waals surface area contributed by atoms with Crippen LogP contribution >= 0.6 is 0 Å². The van der Waals surface area contributed by atoms with Gasteiger partial charge in [0.25, 0.3) is 0 Å². The van der Waals surface area contributed by atoms with Crippen molar-refractivity contribution in [3.63, 3.8) is 0 Å². The van der Waals surface area contributed by atoms with Crippen LogP contribution in [0.5, 0.6) is 0 Å². The molecule has 0 aliphatic heterocycles. The molecule has 0 nitrogen and oxygen atoms in total. The van der Waals surface area contributed by atoms with Crippen molar-refractivity contribution in [2.24, 2.45) is 47.3 Å². The molecule has 4 saturated carbocycles. The van der Waals surface area contributed by atoms with Crippen LogP contribution in [0.3, 0.4) is 0 Å². The Morgan fingerprint density at radius 1 is 0.650 bits per heavy atom. The molecule has 118 valence electrons. The number of hydrogen-bond acceptors (Lipinski definition) is 0. The van der Waals surface area contributed by atoms with Gasteiger partial charge in [-0.1, -0.05) is 54.4 Å². The predicted molar refractivity (Wildman–Crippen MR) is 89.7 cm³/mol. The molecule has 0 aromatic heterocycles. The van der Waals surface area contributed by atoms with E-state index in [-0.39, 0.29) is 0 Å². The third kappa shape index (κ3) is 2.17. The lowest BCUT2D eigenvalue weighted by Gasteiger charge is -2.43. The SMILES string of the molecule is CC.CC.CCC1C(CC)C2CC1C1C3CCC(C3)C21. The molecular weight excluding hydrogens is 240 g/mol. The molecule has 8 unspecified atom stereocenters. The summed E-state index contributed by atoms with van der Waals surface area (Å²) in [5, 5.41) is 0. The smallest absolute Gasteiger partial charge is 0.0321 e. The third-order valence-electron chi connectivity index (χ3n) is 7.17. The van der Waals surface area contributed by atoms with Gasteiger partial charge in [-0.2, -0.15) is 0 Å². The van der Waals surface area contributed by atoms with Gasteiger partial charge in [0.05, 0.1) is 0 Å². The molecule has 4 fully saturated rings. The first-order chi connectivity index (χ1) is 9.85. The van der Waals surface area contributed by atoms with E-state index in [2.05, 4.69) is 13.8 Å². The van der Waals surface area contributed by atoms with E-state index in [0.29, 0.717) is 0 Å². The summed E-state index contributed by atoms with van der Waals surface area (Å²) in [7, 11) is 0. The Labute approximate surface area is 128 Å². The Morgan fingerprint density at radius 2 is 1.05 bits per heavy atom. The van der Waals surface area contributed by atoms with Crippen molar-refractivity contribution in [2.75, 3.05) is 0 Å². The minimum absolute atomic E-state index is 1.12. The zero-order valence-electron chi connectivity index (χ0n) is 14.9. The van der Waals surface area contributed by atoms with E-state index in [9.17, 15) is 0 Å². The van der Waals surface area contributed by atoms with Gasteiger partial charge >= 0.3 is 0 Å². The van der Waals surface area contributed by atoms with Gasteiger partial charge in [0.2, 0.25) is 0 Å². The van der Waals surface area contributed by atoms with Crippen LogP contribution in [-0.4, -0.2) is 0 Å². The average molecular weight is 279 g/mol. The van der Waals surface area contributed by atoms with Crippen LogP contribution in [-0.2, 0) is 0 Å². The molecule has 0 heteroatoms. The summed E-state index contributed by atoms with van der Waals surface area (Å²) in [5.41, 5.74) is 0. The zero-order chi connectivity index (χ0) is 14.9. The lowest BCUT2D eigenvalue weighted by Crippen LogP contribution is -2.37. The highest BCUT2D eigenvalue weighted by Gasteiger charge is 2.64. The fourth-order valence-corrected chi connectivity index (χ4v) is 7.05. The molecule has 8 atom stereocenters. The van der Waals surface area contributed by atoms with Gasteiger partial charge in [-0.3, -0.25) is 0 Å². The van der Waals surface area contributed by atoms with Gasteiger partial charge in [0.1, 0.15) is 0 Å². The number of rotatable bonds is 2. The highest BCUT2D eigenvalue weighted by molar-refractivity contribution is 5.12. The van der Waals surface area contributed by atoms with E-state index < -0.39 is 0 Å². The summed E-state index contributed by atoms with van der Waals surface area (Å²) in [6.07, 6.45) is 9.42. The molecular formula is C20H38. The first-order valence-corrected chi connectivity index (χ1v) is 9.85. The highest BCUT2D eigenvalue weighted by atomic mass is 14.7. The molecule has 0 N–H and O–H groups in total. The van der Waals surface area contributed by atoms with Crippen LogP contribution in [0.4, 0.5) is 0 Å². The molecule has 4 aliphatic carbocycles. The maximum atomic E-state index is 2.45. The maximum Gasteiger partial charge on any atom is -0.0321 e. The largest absolute Gasteiger partial charge is 0.0683 e. The Morgan fingerprint density at radius 3 is 1.40 bits per heavy atom. The molecule has 0 saturated heterocycles. The lowest BCUT2D eigenvalue weighted by molar-refractivity contribution is 0.0521. The second-order valence-corrected chi connectivity index (χ2v) is 7.20. The first kappa shape index (κ1) is 16.4. The second kappa shape index (κ2) is 6.84.